The minimum Gasteiger partial charge on any atom is -0.462 e. The Morgan fingerprint density at radius 1 is 1.19 bits per heavy atom. The van der Waals surface area contributed by atoms with Crippen LogP contribution < -0.4 is 4.90 Å². The molecule has 3 rings (SSSR count). The second kappa shape index (κ2) is 8.07. The van der Waals surface area contributed by atoms with E-state index in [1.54, 1.807) is 0 Å². The van der Waals surface area contributed by atoms with E-state index in [1.165, 1.54) is 0 Å². The lowest BCUT2D eigenvalue weighted by Crippen LogP contribution is -2.39. The van der Waals surface area contributed by atoms with Gasteiger partial charge in [-0.2, -0.15) is 0 Å². The molecule has 1 aliphatic heterocycles. The van der Waals surface area contributed by atoms with E-state index in [2.05, 4.69) is 4.99 Å². The number of fused-ring (bicyclic) bond motifs is 1. The van der Waals surface area contributed by atoms with Gasteiger partial charge >= 0.3 is 5.97 Å². The van der Waals surface area contributed by atoms with Crippen LogP contribution in [0.4, 0.5) is 5.69 Å². The zero-order valence-electron chi connectivity index (χ0n) is 16.6. The highest BCUT2D eigenvalue weighted by Crippen LogP contribution is 2.43. The first-order chi connectivity index (χ1) is 12.9. The third-order valence-corrected chi connectivity index (χ3v) is 5.33. The number of rotatable bonds is 5. The number of anilines is 1. The van der Waals surface area contributed by atoms with Crippen molar-refractivity contribution in [3.05, 3.63) is 41.1 Å². The van der Waals surface area contributed by atoms with E-state index < -0.39 is 0 Å². The quantitative estimate of drug-likeness (QED) is 0.740. The minimum absolute atomic E-state index is 0.176. The highest BCUT2D eigenvalue weighted by molar-refractivity contribution is 6.11. The number of hydrogen-bond donors (Lipinski definition) is 0. The van der Waals surface area contributed by atoms with Crippen molar-refractivity contribution in [1.82, 2.24) is 0 Å². The second-order valence-corrected chi connectivity index (χ2v) is 7.50. The van der Waals surface area contributed by atoms with Crippen LogP contribution in [0.25, 0.3) is 0 Å². The lowest BCUT2D eigenvalue weighted by molar-refractivity contribution is -0.139. The molecule has 5 nitrogen and oxygen atoms in total. The van der Waals surface area contributed by atoms with Crippen LogP contribution in [0.3, 0.4) is 0 Å². The normalized spacial score (nSPS) is 22.2. The van der Waals surface area contributed by atoms with Crippen molar-refractivity contribution in [1.29, 1.82) is 0 Å². The van der Waals surface area contributed by atoms with Gasteiger partial charge in [-0.1, -0.05) is 19.1 Å². The zero-order valence-corrected chi connectivity index (χ0v) is 16.6. The highest BCUT2D eigenvalue weighted by atomic mass is 16.5. The summed E-state index contributed by atoms with van der Waals surface area (Å²) in [6.45, 7) is 4.19. The lowest BCUT2D eigenvalue weighted by atomic mass is 9.69. The number of ketones is 1. The Kier molecular flexibility index (Phi) is 5.78. The van der Waals surface area contributed by atoms with Gasteiger partial charge in [0, 0.05) is 43.5 Å². The van der Waals surface area contributed by atoms with E-state index in [9.17, 15) is 9.59 Å². The van der Waals surface area contributed by atoms with Crippen LogP contribution in [0.2, 0.25) is 0 Å². The maximum atomic E-state index is 12.8. The third-order valence-electron chi connectivity index (χ3n) is 5.33. The van der Waals surface area contributed by atoms with Crippen molar-refractivity contribution < 1.29 is 14.3 Å². The molecule has 1 heterocycles. The molecule has 0 N–H and O–H groups in total. The largest absolute Gasteiger partial charge is 0.462 e. The predicted octanol–water partition coefficient (Wildman–Crippen LogP) is 3.89. The molecule has 0 spiro atoms. The molecular weight excluding hydrogens is 340 g/mol. The van der Waals surface area contributed by atoms with Crippen molar-refractivity contribution in [2.45, 2.75) is 45.4 Å². The number of allylic oxidation sites excluding steroid dienone is 1. The molecule has 27 heavy (non-hydrogen) atoms. The van der Waals surface area contributed by atoms with Crippen LogP contribution in [0.5, 0.6) is 0 Å². The summed E-state index contributed by atoms with van der Waals surface area (Å²) in [6.07, 6.45) is 2.96. The third kappa shape index (κ3) is 3.82. The van der Waals surface area contributed by atoms with Crippen LogP contribution >= 0.6 is 0 Å². The molecule has 0 unspecified atom stereocenters. The molecule has 2 atom stereocenters. The number of nitrogens with zero attached hydrogens (tertiary/aromatic N) is 2. The average molecular weight is 368 g/mol. The Morgan fingerprint density at radius 3 is 2.52 bits per heavy atom. The summed E-state index contributed by atoms with van der Waals surface area (Å²) in [5, 5.41) is 0. The number of aliphatic imine (C=N–C) groups is 1. The maximum Gasteiger partial charge on any atom is 0.336 e. The van der Waals surface area contributed by atoms with Gasteiger partial charge in [-0.25, -0.2) is 4.79 Å². The topological polar surface area (TPSA) is 59.0 Å². The van der Waals surface area contributed by atoms with Crippen molar-refractivity contribution in [3.8, 4) is 0 Å². The number of Topliss-reactive ketones (excluding diaryl/α,β-unsaturated/α-hetero) is 1. The summed E-state index contributed by atoms with van der Waals surface area (Å²) in [6, 6.07) is 8.09. The number of carbonyl (C=O) groups is 2. The van der Waals surface area contributed by atoms with E-state index in [1.807, 2.05) is 57.1 Å². The van der Waals surface area contributed by atoms with Gasteiger partial charge in [0.05, 0.1) is 18.1 Å². The minimum atomic E-state index is -0.350. The van der Waals surface area contributed by atoms with E-state index in [-0.39, 0.29) is 23.6 Å². The molecule has 0 saturated heterocycles. The Labute approximate surface area is 161 Å². The molecule has 0 radical (unpaired) electrons. The van der Waals surface area contributed by atoms with E-state index in [4.69, 9.17) is 4.74 Å². The first kappa shape index (κ1) is 19.3. The first-order valence-corrected chi connectivity index (χ1v) is 9.69. The summed E-state index contributed by atoms with van der Waals surface area (Å²) in [4.78, 5) is 32.3. The van der Waals surface area contributed by atoms with E-state index >= 15 is 0 Å². The summed E-state index contributed by atoms with van der Waals surface area (Å²) in [7, 11) is 3.98. The fourth-order valence-electron chi connectivity index (χ4n) is 4.00. The number of hydrogen-bond acceptors (Lipinski definition) is 5. The van der Waals surface area contributed by atoms with Crippen LogP contribution in [-0.2, 0) is 14.3 Å². The number of esters is 1. The van der Waals surface area contributed by atoms with Gasteiger partial charge in [-0.05, 0) is 43.9 Å². The Morgan fingerprint density at radius 2 is 1.89 bits per heavy atom. The summed E-state index contributed by atoms with van der Waals surface area (Å²) in [5.41, 5.74) is 4.17. The molecule has 0 aromatic heterocycles. The smallest absolute Gasteiger partial charge is 0.336 e. The molecule has 1 aromatic rings. The fourth-order valence-corrected chi connectivity index (χ4v) is 4.00. The molecule has 5 heteroatoms. The summed E-state index contributed by atoms with van der Waals surface area (Å²) < 4.78 is 5.44. The van der Waals surface area contributed by atoms with Crippen molar-refractivity contribution >= 4 is 23.2 Å². The summed E-state index contributed by atoms with van der Waals surface area (Å²) in [5.74, 6) is -0.838. The van der Waals surface area contributed by atoms with Gasteiger partial charge in [0.2, 0.25) is 0 Å². The molecule has 0 amide bonds. The number of benzene rings is 1. The van der Waals surface area contributed by atoms with Crippen molar-refractivity contribution in [2.75, 3.05) is 25.6 Å². The van der Waals surface area contributed by atoms with Gasteiger partial charge in [-0.15, -0.1) is 0 Å². The predicted molar refractivity (Wildman–Crippen MR) is 107 cm³/mol. The highest BCUT2D eigenvalue weighted by Gasteiger charge is 2.43. The van der Waals surface area contributed by atoms with Crippen molar-refractivity contribution in [3.63, 3.8) is 0 Å². The average Bonchev–Trinajstić information content (AvgIpc) is 2.65. The van der Waals surface area contributed by atoms with E-state index in [0.29, 0.717) is 24.3 Å². The Balaban J connectivity index is 2.07. The molecule has 1 saturated carbocycles. The van der Waals surface area contributed by atoms with Gasteiger partial charge in [0.25, 0.3) is 0 Å². The van der Waals surface area contributed by atoms with Gasteiger partial charge < -0.3 is 9.64 Å². The summed E-state index contributed by atoms with van der Waals surface area (Å²) >= 11 is 0. The van der Waals surface area contributed by atoms with Crippen LogP contribution in [0.1, 0.15) is 51.0 Å². The van der Waals surface area contributed by atoms with Gasteiger partial charge in [-0.3, -0.25) is 9.79 Å². The number of ether oxygens (including phenoxy) is 1. The second-order valence-electron chi connectivity index (χ2n) is 7.50. The number of carbonyl (C=O) groups excluding carboxylic acids is 2. The lowest BCUT2D eigenvalue weighted by Gasteiger charge is -2.35. The Hall–Kier alpha value is -2.43. The fraction of sp³-hybridized carbons (Fsp3) is 0.500. The molecule has 1 aromatic carbocycles. The molecule has 0 bridgehead atoms. The van der Waals surface area contributed by atoms with Crippen molar-refractivity contribution in [2.24, 2.45) is 10.9 Å². The molecule has 2 aliphatic rings. The molecule has 1 fully saturated rings. The standard InChI is InChI=1S/C22H28N2O3/c1-5-13-27-22(26)19-14(2)23-17-7-6-8-18(25)21(17)20(19)15-9-11-16(12-10-15)24(3)4/h9-12,20-21H,5-8,13H2,1-4H3/t20-,21-/m1/s1. The van der Waals surface area contributed by atoms with Crippen LogP contribution in [0, 0.1) is 5.92 Å². The monoisotopic (exact) mass is 368 g/mol. The molecule has 1 aliphatic carbocycles. The molecule has 144 valence electrons. The van der Waals surface area contributed by atoms with Crippen LogP contribution in [0.15, 0.2) is 40.5 Å². The Bertz CT molecular complexity index is 790. The first-order valence-electron chi connectivity index (χ1n) is 9.69. The zero-order chi connectivity index (χ0) is 19.6. The molecular formula is C22H28N2O3. The SMILES string of the molecule is CCCOC(=O)C1=C(C)N=C2CCCC(=O)[C@@H]2[C@@H]1c1ccc(N(C)C)cc1. The van der Waals surface area contributed by atoms with Gasteiger partial charge in [0.1, 0.15) is 5.78 Å². The van der Waals surface area contributed by atoms with Crippen LogP contribution in [-0.4, -0.2) is 38.2 Å². The maximum absolute atomic E-state index is 12.8. The van der Waals surface area contributed by atoms with Gasteiger partial charge in [0.15, 0.2) is 0 Å². The van der Waals surface area contributed by atoms with E-state index in [0.717, 1.165) is 36.2 Å².